The molecule has 1 rings (SSSR count). The van der Waals surface area contributed by atoms with Gasteiger partial charge in [0.25, 0.3) is 0 Å². The van der Waals surface area contributed by atoms with Gasteiger partial charge in [0, 0.05) is 6.61 Å². The molecule has 1 N–H and O–H groups in total. The van der Waals surface area contributed by atoms with E-state index in [1.807, 2.05) is 0 Å². The highest BCUT2D eigenvalue weighted by molar-refractivity contribution is 5.22. The van der Waals surface area contributed by atoms with E-state index in [1.165, 1.54) is 64.2 Å². The first-order chi connectivity index (χ1) is 27.9. The van der Waals surface area contributed by atoms with Crippen molar-refractivity contribution in [1.82, 2.24) is 0 Å². The van der Waals surface area contributed by atoms with Crippen LogP contribution in [-0.2, 0) is 61.6 Å². The molecule has 0 aromatic heterocycles. The number of ether oxygens (including phenoxy) is 13. The second-order valence-corrected chi connectivity index (χ2v) is 13.1. The molecule has 0 fully saturated rings. The van der Waals surface area contributed by atoms with Crippen LogP contribution in [0.2, 0.25) is 0 Å². The van der Waals surface area contributed by atoms with Gasteiger partial charge in [-0.15, -0.1) is 0 Å². The molecule has 0 bridgehead atoms. The summed E-state index contributed by atoms with van der Waals surface area (Å²) in [6.45, 7) is 13.7. The fraction of sp³-hybridized carbons (Fsp3) is 0.905. The van der Waals surface area contributed by atoms with Gasteiger partial charge < -0.3 is 66.7 Å². The third-order valence-electron chi connectivity index (χ3n) is 8.33. The van der Waals surface area contributed by atoms with Crippen molar-refractivity contribution in [3.05, 3.63) is 23.8 Å². The molecular formula is C42H80O14. The molecule has 1 aliphatic rings. The molecule has 14 heteroatoms. The van der Waals surface area contributed by atoms with Gasteiger partial charge >= 0.3 is 0 Å². The van der Waals surface area contributed by atoms with Crippen LogP contribution in [0, 0.1) is 0 Å². The van der Waals surface area contributed by atoms with E-state index in [1.54, 1.807) is 5.57 Å². The van der Waals surface area contributed by atoms with E-state index in [4.69, 9.17) is 66.7 Å². The van der Waals surface area contributed by atoms with Crippen LogP contribution in [0.3, 0.4) is 0 Å². The van der Waals surface area contributed by atoms with Gasteiger partial charge in [0.05, 0.1) is 172 Å². The predicted molar refractivity (Wildman–Crippen MR) is 216 cm³/mol. The maximum atomic E-state index is 8.59. The fourth-order valence-electron chi connectivity index (χ4n) is 5.28. The molecule has 0 aliphatic heterocycles. The molecule has 0 heterocycles. The average Bonchev–Trinajstić information content (AvgIpc) is 3.74. The number of allylic oxidation sites excluding steroid dienone is 4. The summed E-state index contributed by atoms with van der Waals surface area (Å²) in [6, 6.07) is 0. The van der Waals surface area contributed by atoms with Crippen LogP contribution in [0.4, 0.5) is 0 Å². The summed E-state index contributed by atoms with van der Waals surface area (Å²) < 4.78 is 71.1. The van der Waals surface area contributed by atoms with Crippen LogP contribution in [0.1, 0.15) is 70.6 Å². The number of aliphatic hydroxyl groups excluding tert-OH is 1. The predicted octanol–water partition coefficient (Wildman–Crippen LogP) is 4.98. The van der Waals surface area contributed by atoms with Crippen LogP contribution in [0.15, 0.2) is 23.8 Å². The monoisotopic (exact) mass is 809 g/mol. The number of unbranched alkanes of at least 4 members (excludes halogenated alkanes) is 8. The first kappa shape index (κ1) is 52.9. The molecule has 0 saturated carbocycles. The standard InChI is InChI=1S/C42H80O14/c43-15-17-45-19-21-47-23-25-49-27-29-51-31-33-53-35-37-55-39-41-56-40-38-54-36-34-52-32-30-50-28-26-48-24-22-46-20-18-44-16-11-7-5-3-1-2-4-6-8-12-42-13-9-10-14-42/h9-10,13,43H,1-8,11-12,14-41H2. The Morgan fingerprint density at radius 2 is 0.554 bits per heavy atom. The van der Waals surface area contributed by atoms with Gasteiger partial charge in [-0.25, -0.2) is 0 Å². The van der Waals surface area contributed by atoms with Crippen LogP contribution >= 0.6 is 0 Å². The van der Waals surface area contributed by atoms with Crippen LogP contribution in [0.25, 0.3) is 0 Å². The van der Waals surface area contributed by atoms with Crippen molar-refractivity contribution in [2.75, 3.05) is 178 Å². The van der Waals surface area contributed by atoms with E-state index in [-0.39, 0.29) is 6.61 Å². The molecule has 0 unspecified atom stereocenters. The topological polar surface area (TPSA) is 140 Å². The van der Waals surface area contributed by atoms with E-state index < -0.39 is 0 Å². The maximum absolute atomic E-state index is 8.59. The Balaban J connectivity index is 1.58. The Morgan fingerprint density at radius 1 is 0.304 bits per heavy atom. The lowest BCUT2D eigenvalue weighted by Crippen LogP contribution is -2.15. The Hall–Kier alpha value is -1.08. The Labute approximate surface area is 339 Å². The zero-order chi connectivity index (χ0) is 39.8. The maximum Gasteiger partial charge on any atom is 0.0701 e. The van der Waals surface area contributed by atoms with E-state index in [0.717, 1.165) is 13.0 Å². The lowest BCUT2D eigenvalue weighted by Gasteiger charge is -2.09. The van der Waals surface area contributed by atoms with Crippen LogP contribution in [-0.4, -0.2) is 183 Å². The van der Waals surface area contributed by atoms with Gasteiger partial charge in [0.15, 0.2) is 0 Å². The molecule has 1 aliphatic carbocycles. The van der Waals surface area contributed by atoms with Crippen molar-refractivity contribution in [3.63, 3.8) is 0 Å². The molecule has 0 aromatic carbocycles. The van der Waals surface area contributed by atoms with Gasteiger partial charge in [-0.1, -0.05) is 68.7 Å². The smallest absolute Gasteiger partial charge is 0.0701 e. The highest BCUT2D eigenvalue weighted by Crippen LogP contribution is 2.18. The molecule has 0 aromatic rings. The number of aliphatic hydroxyl groups is 1. The second-order valence-electron chi connectivity index (χ2n) is 13.1. The van der Waals surface area contributed by atoms with E-state index >= 15 is 0 Å². The zero-order valence-corrected chi connectivity index (χ0v) is 34.9. The van der Waals surface area contributed by atoms with Crippen molar-refractivity contribution < 1.29 is 66.7 Å². The number of rotatable bonds is 50. The molecule has 56 heavy (non-hydrogen) atoms. The van der Waals surface area contributed by atoms with Crippen molar-refractivity contribution >= 4 is 0 Å². The van der Waals surface area contributed by atoms with Crippen LogP contribution in [0.5, 0.6) is 0 Å². The van der Waals surface area contributed by atoms with Crippen molar-refractivity contribution in [1.29, 1.82) is 0 Å². The lowest BCUT2D eigenvalue weighted by atomic mass is 10.0. The van der Waals surface area contributed by atoms with E-state index in [2.05, 4.69) is 18.2 Å². The molecular weight excluding hydrogens is 728 g/mol. The molecule has 14 nitrogen and oxygen atoms in total. The third kappa shape index (κ3) is 44.0. The minimum Gasteiger partial charge on any atom is -0.394 e. The molecule has 0 saturated heterocycles. The first-order valence-corrected chi connectivity index (χ1v) is 21.4. The molecule has 0 atom stereocenters. The van der Waals surface area contributed by atoms with Crippen molar-refractivity contribution in [2.24, 2.45) is 0 Å². The summed E-state index contributed by atoms with van der Waals surface area (Å²) in [7, 11) is 0. The summed E-state index contributed by atoms with van der Waals surface area (Å²) in [5.74, 6) is 0. The average molecular weight is 809 g/mol. The SMILES string of the molecule is OCCOCCOCCOCCOCCOCCOCCOCCOCCOCCOCCOCCOCCOCCCCCCCCCCCC1=CC=CC1. The van der Waals surface area contributed by atoms with E-state index in [9.17, 15) is 0 Å². The van der Waals surface area contributed by atoms with Gasteiger partial charge in [0.2, 0.25) is 0 Å². The van der Waals surface area contributed by atoms with Crippen molar-refractivity contribution in [2.45, 2.75) is 70.6 Å². The normalized spacial score (nSPS) is 12.7. The highest BCUT2D eigenvalue weighted by atomic mass is 16.6. The number of hydrogen-bond acceptors (Lipinski definition) is 14. The minimum atomic E-state index is 0.0253. The molecule has 332 valence electrons. The van der Waals surface area contributed by atoms with Crippen LogP contribution < -0.4 is 0 Å². The fourth-order valence-corrected chi connectivity index (χ4v) is 5.28. The first-order valence-electron chi connectivity index (χ1n) is 21.4. The van der Waals surface area contributed by atoms with Gasteiger partial charge in [-0.2, -0.15) is 0 Å². The third-order valence-corrected chi connectivity index (χ3v) is 8.33. The zero-order valence-electron chi connectivity index (χ0n) is 34.9. The molecule has 0 radical (unpaired) electrons. The Kier molecular flexibility index (Phi) is 45.6. The summed E-state index contributed by atoms with van der Waals surface area (Å²) in [6.07, 6.45) is 21.1. The summed E-state index contributed by atoms with van der Waals surface area (Å²) >= 11 is 0. The Morgan fingerprint density at radius 3 is 0.821 bits per heavy atom. The lowest BCUT2D eigenvalue weighted by molar-refractivity contribution is -0.0292. The van der Waals surface area contributed by atoms with Gasteiger partial charge in [0.1, 0.15) is 0 Å². The molecule has 0 spiro atoms. The Bertz CT molecular complexity index is 803. The largest absolute Gasteiger partial charge is 0.394 e. The summed E-state index contributed by atoms with van der Waals surface area (Å²) in [5.41, 5.74) is 1.61. The highest BCUT2D eigenvalue weighted by Gasteiger charge is 2.00. The van der Waals surface area contributed by atoms with Crippen molar-refractivity contribution in [3.8, 4) is 0 Å². The van der Waals surface area contributed by atoms with Gasteiger partial charge in [-0.05, 0) is 25.7 Å². The second kappa shape index (κ2) is 48.3. The minimum absolute atomic E-state index is 0.0253. The van der Waals surface area contributed by atoms with E-state index in [0.29, 0.717) is 165 Å². The number of hydrogen-bond donors (Lipinski definition) is 1. The molecule has 0 amide bonds. The van der Waals surface area contributed by atoms with Gasteiger partial charge in [-0.3, -0.25) is 0 Å². The summed E-state index contributed by atoms with van der Waals surface area (Å²) in [5, 5.41) is 8.59. The summed E-state index contributed by atoms with van der Waals surface area (Å²) in [4.78, 5) is 0. The quantitative estimate of drug-likeness (QED) is 0.0827.